The third-order valence-corrected chi connectivity index (χ3v) is 2.71. The molecule has 0 fully saturated rings. The van der Waals surface area contributed by atoms with E-state index in [1.54, 1.807) is 13.3 Å². The number of hydrogen-bond acceptors (Lipinski definition) is 3. The number of methoxy groups -OCH3 is 1. The minimum Gasteiger partial charge on any atom is -0.383 e. The number of aromatic nitrogens is 1. The summed E-state index contributed by atoms with van der Waals surface area (Å²) in [5, 5.41) is 3.04. The highest BCUT2D eigenvalue weighted by Gasteiger charge is 2.15. The summed E-state index contributed by atoms with van der Waals surface area (Å²) in [4.78, 5) is 3.99. The molecule has 0 spiro atoms. The van der Waals surface area contributed by atoms with Gasteiger partial charge >= 0.3 is 0 Å². The van der Waals surface area contributed by atoms with Crippen molar-refractivity contribution in [2.24, 2.45) is 5.92 Å². The average molecular weight is 291 g/mol. The van der Waals surface area contributed by atoms with Crippen LogP contribution in [0.15, 0.2) is 16.7 Å². The topological polar surface area (TPSA) is 34.1 Å². The van der Waals surface area contributed by atoms with Crippen LogP contribution in [0.4, 0.5) is 10.2 Å². The number of rotatable bonds is 5. The maximum absolute atomic E-state index is 13.5. The summed E-state index contributed by atoms with van der Waals surface area (Å²) in [7, 11) is 1.63. The zero-order valence-corrected chi connectivity index (χ0v) is 11.2. The molecule has 1 unspecified atom stereocenters. The Hall–Kier alpha value is -0.680. The molecular formula is C11H16BrFN2O. The van der Waals surface area contributed by atoms with Gasteiger partial charge in [0.15, 0.2) is 11.6 Å². The average Bonchev–Trinajstić information content (AvgIpc) is 2.20. The molecule has 90 valence electrons. The van der Waals surface area contributed by atoms with Gasteiger partial charge in [0.2, 0.25) is 0 Å². The third kappa shape index (κ3) is 3.72. The van der Waals surface area contributed by atoms with Gasteiger partial charge in [0, 0.05) is 17.8 Å². The van der Waals surface area contributed by atoms with Crippen LogP contribution >= 0.6 is 15.9 Å². The summed E-state index contributed by atoms with van der Waals surface area (Å²) in [6.07, 6.45) is 1.57. The van der Waals surface area contributed by atoms with Gasteiger partial charge in [0.1, 0.15) is 0 Å². The molecule has 1 rings (SSSR count). The van der Waals surface area contributed by atoms with E-state index < -0.39 is 0 Å². The number of nitrogens with zero attached hydrogens (tertiary/aromatic N) is 1. The molecule has 3 nitrogen and oxygen atoms in total. The highest BCUT2D eigenvalue weighted by Crippen LogP contribution is 2.18. The maximum atomic E-state index is 13.5. The quantitative estimate of drug-likeness (QED) is 0.905. The van der Waals surface area contributed by atoms with Crippen LogP contribution in [-0.2, 0) is 4.74 Å². The Morgan fingerprint density at radius 3 is 2.75 bits per heavy atom. The predicted molar refractivity (Wildman–Crippen MR) is 66.0 cm³/mol. The van der Waals surface area contributed by atoms with Crippen molar-refractivity contribution in [3.63, 3.8) is 0 Å². The number of pyridine rings is 1. The highest BCUT2D eigenvalue weighted by atomic mass is 79.9. The Labute approximate surface area is 104 Å². The molecule has 1 atom stereocenters. The van der Waals surface area contributed by atoms with Crippen LogP contribution in [0.3, 0.4) is 0 Å². The van der Waals surface area contributed by atoms with E-state index in [1.807, 2.05) is 13.8 Å². The van der Waals surface area contributed by atoms with Crippen molar-refractivity contribution < 1.29 is 9.13 Å². The van der Waals surface area contributed by atoms with Crippen molar-refractivity contribution in [2.45, 2.75) is 19.9 Å². The van der Waals surface area contributed by atoms with Gasteiger partial charge in [-0.2, -0.15) is 0 Å². The fourth-order valence-corrected chi connectivity index (χ4v) is 1.58. The third-order valence-electron chi connectivity index (χ3n) is 2.28. The van der Waals surface area contributed by atoms with Crippen LogP contribution in [-0.4, -0.2) is 24.7 Å². The predicted octanol–water partition coefficient (Wildman–Crippen LogP) is 3.07. The second-order valence-corrected chi connectivity index (χ2v) is 4.85. The number of ether oxygens (including phenoxy) is 1. The van der Waals surface area contributed by atoms with Gasteiger partial charge in [0.25, 0.3) is 0 Å². The summed E-state index contributed by atoms with van der Waals surface area (Å²) in [6.45, 7) is 4.62. The summed E-state index contributed by atoms with van der Waals surface area (Å²) in [5.41, 5.74) is 0. The van der Waals surface area contributed by atoms with Crippen molar-refractivity contribution in [3.8, 4) is 0 Å². The van der Waals surface area contributed by atoms with Crippen molar-refractivity contribution in [1.82, 2.24) is 4.98 Å². The number of nitrogens with one attached hydrogen (secondary N) is 1. The lowest BCUT2D eigenvalue weighted by Crippen LogP contribution is -2.31. The Balaban J connectivity index is 2.77. The van der Waals surface area contributed by atoms with Crippen LogP contribution in [0.5, 0.6) is 0 Å². The first-order valence-corrected chi connectivity index (χ1v) is 5.90. The van der Waals surface area contributed by atoms with Crippen molar-refractivity contribution >= 4 is 21.7 Å². The molecule has 5 heteroatoms. The van der Waals surface area contributed by atoms with E-state index in [0.717, 1.165) is 0 Å². The van der Waals surface area contributed by atoms with Gasteiger partial charge in [-0.3, -0.25) is 0 Å². The molecule has 0 bridgehead atoms. The number of halogens is 2. The first-order valence-electron chi connectivity index (χ1n) is 5.11. The van der Waals surface area contributed by atoms with Gasteiger partial charge in [-0.05, 0) is 27.9 Å². The van der Waals surface area contributed by atoms with Gasteiger partial charge in [-0.15, -0.1) is 0 Å². The van der Waals surface area contributed by atoms with E-state index in [4.69, 9.17) is 4.74 Å². The van der Waals surface area contributed by atoms with Gasteiger partial charge < -0.3 is 10.1 Å². The minimum atomic E-state index is -0.365. The van der Waals surface area contributed by atoms with Crippen LogP contribution in [0.1, 0.15) is 13.8 Å². The smallest absolute Gasteiger partial charge is 0.166 e. The number of hydrogen-bond donors (Lipinski definition) is 1. The van der Waals surface area contributed by atoms with Crippen molar-refractivity contribution in [3.05, 3.63) is 22.6 Å². The van der Waals surface area contributed by atoms with E-state index in [0.29, 0.717) is 17.0 Å². The van der Waals surface area contributed by atoms with Gasteiger partial charge in [-0.25, -0.2) is 9.37 Å². The second-order valence-electron chi connectivity index (χ2n) is 3.93. The maximum Gasteiger partial charge on any atom is 0.166 e. The lowest BCUT2D eigenvalue weighted by Gasteiger charge is -2.22. The molecule has 1 heterocycles. The molecule has 1 aromatic rings. The van der Waals surface area contributed by atoms with E-state index in [2.05, 4.69) is 26.2 Å². The Morgan fingerprint density at radius 1 is 1.56 bits per heavy atom. The lowest BCUT2D eigenvalue weighted by molar-refractivity contribution is 0.171. The summed E-state index contributed by atoms with van der Waals surface area (Å²) in [5.74, 6) is 0.236. The fourth-order valence-electron chi connectivity index (χ4n) is 1.28. The molecule has 0 aromatic carbocycles. The Kier molecular flexibility index (Phi) is 5.15. The van der Waals surface area contributed by atoms with Crippen molar-refractivity contribution in [2.75, 3.05) is 19.0 Å². The molecule has 1 N–H and O–H groups in total. The largest absolute Gasteiger partial charge is 0.383 e. The zero-order chi connectivity index (χ0) is 12.1. The Bertz CT molecular complexity index is 347. The minimum absolute atomic E-state index is 0.0492. The molecule has 0 saturated heterocycles. The molecule has 0 radical (unpaired) electrons. The molecule has 0 aliphatic heterocycles. The van der Waals surface area contributed by atoms with E-state index in [-0.39, 0.29) is 17.7 Å². The number of anilines is 1. The normalized spacial score (nSPS) is 12.9. The Morgan fingerprint density at radius 2 is 2.25 bits per heavy atom. The SMILES string of the molecule is COCC(Nc1ncc(Br)cc1F)C(C)C. The van der Waals surface area contributed by atoms with Crippen LogP contribution in [0.25, 0.3) is 0 Å². The van der Waals surface area contributed by atoms with Crippen LogP contribution in [0, 0.1) is 11.7 Å². The van der Waals surface area contributed by atoms with E-state index in [1.165, 1.54) is 6.07 Å². The fraction of sp³-hybridized carbons (Fsp3) is 0.545. The first kappa shape index (κ1) is 13.4. The standard InChI is InChI=1S/C11H16BrFN2O/c1-7(2)10(6-16-3)15-11-9(13)4-8(12)5-14-11/h4-5,7,10H,6H2,1-3H3,(H,14,15). The highest BCUT2D eigenvalue weighted by molar-refractivity contribution is 9.10. The molecule has 0 aliphatic carbocycles. The second kappa shape index (κ2) is 6.15. The first-order chi connectivity index (χ1) is 7.54. The monoisotopic (exact) mass is 290 g/mol. The summed E-state index contributed by atoms with van der Waals surface area (Å²) >= 11 is 3.17. The van der Waals surface area contributed by atoms with E-state index >= 15 is 0 Å². The van der Waals surface area contributed by atoms with Gasteiger partial charge in [0.05, 0.1) is 12.6 Å². The molecular weight excluding hydrogens is 275 g/mol. The zero-order valence-electron chi connectivity index (χ0n) is 9.63. The summed E-state index contributed by atoms with van der Waals surface area (Å²) < 4.78 is 19.2. The molecule has 16 heavy (non-hydrogen) atoms. The van der Waals surface area contributed by atoms with Crippen LogP contribution in [0.2, 0.25) is 0 Å². The molecule has 0 amide bonds. The van der Waals surface area contributed by atoms with Crippen molar-refractivity contribution in [1.29, 1.82) is 0 Å². The van der Waals surface area contributed by atoms with Gasteiger partial charge in [-0.1, -0.05) is 13.8 Å². The summed E-state index contributed by atoms with van der Waals surface area (Å²) in [6, 6.07) is 1.44. The van der Waals surface area contributed by atoms with Crippen LogP contribution < -0.4 is 5.32 Å². The molecule has 1 aromatic heterocycles. The van der Waals surface area contributed by atoms with E-state index in [9.17, 15) is 4.39 Å². The molecule has 0 saturated carbocycles. The lowest BCUT2D eigenvalue weighted by atomic mass is 10.1. The molecule has 0 aliphatic rings.